The minimum absolute atomic E-state index is 0. The summed E-state index contributed by atoms with van der Waals surface area (Å²) < 4.78 is 26.1. The SMILES string of the molecule is Cl.O=C(CNS(=O)(=O)c1cccs1)NC1CCNCC1. The van der Waals surface area contributed by atoms with Crippen LogP contribution in [0.4, 0.5) is 0 Å². The Morgan fingerprint density at radius 2 is 2.10 bits per heavy atom. The van der Waals surface area contributed by atoms with Gasteiger partial charge in [0.1, 0.15) is 4.21 Å². The molecular weight excluding hydrogens is 322 g/mol. The standard InChI is InChI=1S/C11H17N3O3S2.ClH/c15-10(14-9-3-5-12-6-4-9)8-13-19(16,17)11-2-1-7-18-11;/h1-2,7,9,12-13H,3-6,8H2,(H,14,15);1H. The number of thiophene rings is 1. The molecule has 1 fully saturated rings. The van der Waals surface area contributed by atoms with Gasteiger partial charge in [0.25, 0.3) is 10.0 Å². The van der Waals surface area contributed by atoms with Crippen molar-refractivity contribution in [2.75, 3.05) is 19.6 Å². The van der Waals surface area contributed by atoms with Crippen molar-refractivity contribution in [3.63, 3.8) is 0 Å². The maximum Gasteiger partial charge on any atom is 0.250 e. The summed E-state index contributed by atoms with van der Waals surface area (Å²) >= 11 is 1.13. The molecule has 0 unspecified atom stereocenters. The van der Waals surface area contributed by atoms with E-state index in [0.717, 1.165) is 37.3 Å². The molecule has 0 atom stereocenters. The van der Waals surface area contributed by atoms with Gasteiger partial charge in [0, 0.05) is 6.04 Å². The molecule has 0 aromatic carbocycles. The quantitative estimate of drug-likeness (QED) is 0.721. The molecule has 1 aromatic heterocycles. The van der Waals surface area contributed by atoms with Gasteiger partial charge >= 0.3 is 0 Å². The molecule has 0 radical (unpaired) electrons. The van der Waals surface area contributed by atoms with Gasteiger partial charge in [-0.05, 0) is 37.4 Å². The molecular formula is C11H18ClN3O3S2. The first-order valence-electron chi connectivity index (χ1n) is 6.11. The average molecular weight is 340 g/mol. The summed E-state index contributed by atoms with van der Waals surface area (Å²) in [7, 11) is -3.56. The molecule has 1 aliphatic heterocycles. The molecule has 6 nitrogen and oxygen atoms in total. The normalized spacial score (nSPS) is 16.4. The third-order valence-electron chi connectivity index (χ3n) is 2.89. The molecule has 0 spiro atoms. The summed E-state index contributed by atoms with van der Waals surface area (Å²) in [6.45, 7) is 1.54. The molecule has 2 heterocycles. The number of amides is 1. The van der Waals surface area contributed by atoms with Gasteiger partial charge in [-0.2, -0.15) is 0 Å². The van der Waals surface area contributed by atoms with Crippen molar-refractivity contribution in [3.05, 3.63) is 17.5 Å². The zero-order valence-corrected chi connectivity index (χ0v) is 13.2. The smallest absolute Gasteiger partial charge is 0.250 e. The highest BCUT2D eigenvalue weighted by Crippen LogP contribution is 2.14. The number of rotatable bonds is 5. The highest BCUT2D eigenvalue weighted by atomic mass is 35.5. The van der Waals surface area contributed by atoms with Gasteiger partial charge in [-0.25, -0.2) is 13.1 Å². The van der Waals surface area contributed by atoms with Crippen molar-refractivity contribution in [3.8, 4) is 0 Å². The van der Waals surface area contributed by atoms with E-state index in [9.17, 15) is 13.2 Å². The van der Waals surface area contributed by atoms with Crippen LogP contribution >= 0.6 is 23.7 Å². The van der Waals surface area contributed by atoms with E-state index in [0.29, 0.717) is 0 Å². The van der Waals surface area contributed by atoms with E-state index in [1.165, 1.54) is 6.07 Å². The summed E-state index contributed by atoms with van der Waals surface area (Å²) in [6.07, 6.45) is 1.76. The lowest BCUT2D eigenvalue weighted by molar-refractivity contribution is -0.120. The third-order valence-corrected chi connectivity index (χ3v) is 5.69. The van der Waals surface area contributed by atoms with Crippen LogP contribution in [0.3, 0.4) is 0 Å². The van der Waals surface area contributed by atoms with E-state index in [4.69, 9.17) is 0 Å². The minimum atomic E-state index is -3.56. The van der Waals surface area contributed by atoms with E-state index in [-0.39, 0.29) is 35.1 Å². The second kappa shape index (κ2) is 7.94. The molecule has 2 rings (SSSR count). The number of sulfonamides is 1. The molecule has 3 N–H and O–H groups in total. The maximum absolute atomic E-state index is 11.8. The van der Waals surface area contributed by atoms with Gasteiger partial charge < -0.3 is 10.6 Å². The van der Waals surface area contributed by atoms with Crippen LogP contribution in [-0.2, 0) is 14.8 Å². The van der Waals surface area contributed by atoms with Crippen LogP contribution in [0.25, 0.3) is 0 Å². The summed E-state index contributed by atoms with van der Waals surface area (Å²) in [5.41, 5.74) is 0. The molecule has 9 heteroatoms. The van der Waals surface area contributed by atoms with Crippen molar-refractivity contribution in [2.24, 2.45) is 0 Å². The second-order valence-electron chi connectivity index (χ2n) is 4.35. The van der Waals surface area contributed by atoms with Crippen LogP contribution in [0.2, 0.25) is 0 Å². The maximum atomic E-state index is 11.8. The lowest BCUT2D eigenvalue weighted by Gasteiger charge is -2.23. The zero-order chi connectivity index (χ0) is 13.7. The van der Waals surface area contributed by atoms with Gasteiger partial charge in [-0.15, -0.1) is 23.7 Å². The summed E-state index contributed by atoms with van der Waals surface area (Å²) in [5.74, 6) is -0.285. The number of hydrogen-bond acceptors (Lipinski definition) is 5. The van der Waals surface area contributed by atoms with Crippen LogP contribution < -0.4 is 15.4 Å². The highest BCUT2D eigenvalue weighted by molar-refractivity contribution is 7.91. The van der Waals surface area contributed by atoms with Gasteiger partial charge in [-0.1, -0.05) is 6.07 Å². The van der Waals surface area contributed by atoms with E-state index in [1.54, 1.807) is 11.4 Å². The molecule has 20 heavy (non-hydrogen) atoms. The number of carbonyl (C=O) groups excluding carboxylic acids is 1. The van der Waals surface area contributed by atoms with Crippen molar-refractivity contribution in [1.29, 1.82) is 0 Å². The number of piperidine rings is 1. The fourth-order valence-electron chi connectivity index (χ4n) is 1.89. The first kappa shape index (κ1) is 17.4. The van der Waals surface area contributed by atoms with E-state index < -0.39 is 10.0 Å². The second-order valence-corrected chi connectivity index (χ2v) is 7.29. The van der Waals surface area contributed by atoms with Gasteiger partial charge in [-0.3, -0.25) is 4.79 Å². The Morgan fingerprint density at radius 3 is 2.70 bits per heavy atom. The Hall–Kier alpha value is -0.670. The number of carbonyl (C=O) groups is 1. The van der Waals surface area contributed by atoms with Crippen LogP contribution in [0.5, 0.6) is 0 Å². The van der Waals surface area contributed by atoms with Gasteiger partial charge in [0.2, 0.25) is 5.91 Å². The predicted molar refractivity (Wildman–Crippen MR) is 80.8 cm³/mol. The molecule has 1 aromatic rings. The molecule has 0 saturated carbocycles. The molecule has 1 amide bonds. The number of nitrogens with one attached hydrogen (secondary N) is 3. The third kappa shape index (κ3) is 5.02. The average Bonchev–Trinajstić information content (AvgIpc) is 2.92. The minimum Gasteiger partial charge on any atom is -0.352 e. The van der Waals surface area contributed by atoms with Gasteiger partial charge in [0.15, 0.2) is 0 Å². The highest BCUT2D eigenvalue weighted by Gasteiger charge is 2.19. The summed E-state index contributed by atoms with van der Waals surface area (Å²) in [5, 5.41) is 7.72. The summed E-state index contributed by atoms with van der Waals surface area (Å²) in [4.78, 5) is 11.7. The van der Waals surface area contributed by atoms with Crippen LogP contribution in [0, 0.1) is 0 Å². The molecule has 0 aliphatic carbocycles. The largest absolute Gasteiger partial charge is 0.352 e. The first-order valence-corrected chi connectivity index (χ1v) is 8.47. The van der Waals surface area contributed by atoms with Crippen molar-refractivity contribution < 1.29 is 13.2 Å². The van der Waals surface area contributed by atoms with Crippen LogP contribution in [0.1, 0.15) is 12.8 Å². The van der Waals surface area contributed by atoms with E-state index >= 15 is 0 Å². The Bertz CT molecular complexity index is 513. The molecule has 1 aliphatic rings. The molecule has 0 bridgehead atoms. The lowest BCUT2D eigenvalue weighted by Crippen LogP contribution is -2.46. The number of hydrogen-bond donors (Lipinski definition) is 3. The van der Waals surface area contributed by atoms with Crippen molar-refractivity contribution in [2.45, 2.75) is 23.1 Å². The fourth-order valence-corrected chi connectivity index (χ4v) is 3.91. The molecule has 1 saturated heterocycles. The first-order chi connectivity index (χ1) is 9.08. The summed E-state index contributed by atoms with van der Waals surface area (Å²) in [6, 6.07) is 3.31. The lowest BCUT2D eigenvalue weighted by atomic mass is 10.1. The van der Waals surface area contributed by atoms with Gasteiger partial charge in [0.05, 0.1) is 6.54 Å². The topological polar surface area (TPSA) is 87.3 Å². The fraction of sp³-hybridized carbons (Fsp3) is 0.545. The zero-order valence-electron chi connectivity index (χ0n) is 10.8. The Morgan fingerprint density at radius 1 is 1.40 bits per heavy atom. The Labute approximate surface area is 128 Å². The predicted octanol–water partition coefficient (Wildman–Crippen LogP) is 0.316. The Balaban J connectivity index is 0.00000200. The molecule has 114 valence electrons. The van der Waals surface area contributed by atoms with Crippen molar-refractivity contribution in [1.82, 2.24) is 15.4 Å². The Kier molecular flexibility index (Phi) is 6.90. The number of halogens is 1. The van der Waals surface area contributed by atoms with Crippen LogP contribution in [0.15, 0.2) is 21.7 Å². The van der Waals surface area contributed by atoms with E-state index in [1.807, 2.05) is 0 Å². The van der Waals surface area contributed by atoms with Crippen molar-refractivity contribution >= 4 is 39.7 Å². The van der Waals surface area contributed by atoms with E-state index in [2.05, 4.69) is 15.4 Å². The monoisotopic (exact) mass is 339 g/mol. The van der Waals surface area contributed by atoms with Crippen LogP contribution in [-0.4, -0.2) is 40.0 Å².